The average molecular weight is 255 g/mol. The van der Waals surface area contributed by atoms with Gasteiger partial charge in [0, 0.05) is 0 Å². The zero-order chi connectivity index (χ0) is 12.7. The van der Waals surface area contributed by atoms with Crippen molar-refractivity contribution >= 4 is 23.6 Å². The summed E-state index contributed by atoms with van der Waals surface area (Å²) in [5.74, 6) is -0.0163. The molecule has 1 rings (SSSR count). The van der Waals surface area contributed by atoms with Crippen molar-refractivity contribution in [1.29, 1.82) is 0 Å². The molecular weight excluding hydrogens is 238 g/mol. The standard InChI is InChI=1S/C12H17NO3S/c1-16-12(15)10(7-8-17-2)13-11(14)9-5-3-4-6-9/h3-6,9-10H,7-8H2,1-2H3,(H,13,14)/t10-/m0/s1. The van der Waals surface area contributed by atoms with Crippen LogP contribution in [0.25, 0.3) is 0 Å². The van der Waals surface area contributed by atoms with Crippen LogP contribution in [0.2, 0.25) is 0 Å². The molecule has 0 saturated heterocycles. The fourth-order valence-electron chi connectivity index (χ4n) is 1.50. The minimum atomic E-state index is -0.553. The molecule has 1 atom stereocenters. The molecule has 1 N–H and O–H groups in total. The lowest BCUT2D eigenvalue weighted by atomic mass is 10.1. The van der Waals surface area contributed by atoms with E-state index in [1.807, 2.05) is 18.4 Å². The van der Waals surface area contributed by atoms with Crippen LogP contribution in [0.3, 0.4) is 0 Å². The number of nitrogens with one attached hydrogen (secondary N) is 1. The Kier molecular flexibility index (Phi) is 5.83. The molecule has 0 aromatic carbocycles. The van der Waals surface area contributed by atoms with Crippen LogP contribution in [-0.2, 0) is 14.3 Å². The predicted molar refractivity (Wildman–Crippen MR) is 68.7 cm³/mol. The summed E-state index contributed by atoms with van der Waals surface area (Å²) in [6.45, 7) is 0. The molecule has 0 bridgehead atoms. The molecule has 0 spiro atoms. The van der Waals surface area contributed by atoms with Gasteiger partial charge in [-0.1, -0.05) is 24.3 Å². The summed E-state index contributed by atoms with van der Waals surface area (Å²) in [7, 11) is 1.33. The molecule has 1 amide bonds. The van der Waals surface area contributed by atoms with Gasteiger partial charge in [0.2, 0.25) is 5.91 Å². The van der Waals surface area contributed by atoms with Crippen molar-refractivity contribution in [2.75, 3.05) is 19.1 Å². The van der Waals surface area contributed by atoms with E-state index in [9.17, 15) is 9.59 Å². The van der Waals surface area contributed by atoms with E-state index >= 15 is 0 Å². The summed E-state index contributed by atoms with van der Waals surface area (Å²) in [6, 6.07) is -0.553. The van der Waals surface area contributed by atoms with Crippen LogP contribution in [0.5, 0.6) is 0 Å². The zero-order valence-electron chi connectivity index (χ0n) is 10.0. The van der Waals surface area contributed by atoms with Gasteiger partial charge in [-0.15, -0.1) is 0 Å². The third kappa shape index (κ3) is 4.26. The molecule has 1 aliphatic rings. The molecule has 94 valence electrons. The summed E-state index contributed by atoms with van der Waals surface area (Å²) >= 11 is 1.63. The van der Waals surface area contributed by atoms with Crippen LogP contribution in [0, 0.1) is 5.92 Å². The number of rotatable bonds is 6. The van der Waals surface area contributed by atoms with E-state index in [1.54, 1.807) is 23.9 Å². The number of hydrogen-bond donors (Lipinski definition) is 1. The van der Waals surface area contributed by atoms with Gasteiger partial charge in [0.05, 0.1) is 13.0 Å². The number of carbonyl (C=O) groups excluding carboxylic acids is 2. The quantitative estimate of drug-likeness (QED) is 0.723. The molecule has 0 aromatic heterocycles. The normalized spacial score (nSPS) is 15.9. The first-order valence-corrected chi connectivity index (χ1v) is 6.80. The number of allylic oxidation sites excluding steroid dienone is 2. The molecular formula is C12H17NO3S. The van der Waals surface area contributed by atoms with Crippen molar-refractivity contribution in [3.8, 4) is 0 Å². The highest BCUT2D eigenvalue weighted by Gasteiger charge is 2.24. The molecule has 5 heteroatoms. The minimum Gasteiger partial charge on any atom is -0.467 e. The molecule has 0 aromatic rings. The lowest BCUT2D eigenvalue weighted by Gasteiger charge is -2.17. The number of carbonyl (C=O) groups is 2. The van der Waals surface area contributed by atoms with Gasteiger partial charge in [-0.3, -0.25) is 4.79 Å². The first-order valence-electron chi connectivity index (χ1n) is 5.41. The summed E-state index contributed by atoms with van der Waals surface area (Å²) in [4.78, 5) is 23.3. The summed E-state index contributed by atoms with van der Waals surface area (Å²) in [6.07, 6.45) is 9.76. The van der Waals surface area contributed by atoms with E-state index in [0.717, 1.165) is 5.75 Å². The maximum Gasteiger partial charge on any atom is 0.328 e. The maximum absolute atomic E-state index is 11.8. The highest BCUT2D eigenvalue weighted by molar-refractivity contribution is 7.98. The fourth-order valence-corrected chi connectivity index (χ4v) is 1.97. The molecule has 0 fully saturated rings. The Bertz CT molecular complexity index is 327. The second-order valence-electron chi connectivity index (χ2n) is 3.66. The number of esters is 1. The lowest BCUT2D eigenvalue weighted by Crippen LogP contribution is -2.43. The van der Waals surface area contributed by atoms with Gasteiger partial charge in [0.1, 0.15) is 6.04 Å². The van der Waals surface area contributed by atoms with Gasteiger partial charge < -0.3 is 10.1 Å². The van der Waals surface area contributed by atoms with Crippen molar-refractivity contribution in [1.82, 2.24) is 5.32 Å². The van der Waals surface area contributed by atoms with Crippen LogP contribution in [0.4, 0.5) is 0 Å². The first kappa shape index (κ1) is 13.8. The van der Waals surface area contributed by atoms with Gasteiger partial charge in [-0.05, 0) is 18.4 Å². The monoisotopic (exact) mass is 255 g/mol. The largest absolute Gasteiger partial charge is 0.467 e. The van der Waals surface area contributed by atoms with Crippen LogP contribution < -0.4 is 5.32 Å². The number of ether oxygens (including phenoxy) is 1. The second kappa shape index (κ2) is 7.17. The van der Waals surface area contributed by atoms with Crippen molar-refractivity contribution in [3.05, 3.63) is 24.3 Å². The number of methoxy groups -OCH3 is 1. The molecule has 4 nitrogen and oxygen atoms in total. The Hall–Kier alpha value is -1.23. The van der Waals surface area contributed by atoms with E-state index in [1.165, 1.54) is 7.11 Å². The van der Waals surface area contributed by atoms with E-state index in [-0.39, 0.29) is 11.8 Å². The van der Waals surface area contributed by atoms with Gasteiger partial charge >= 0.3 is 5.97 Å². The van der Waals surface area contributed by atoms with Crippen molar-refractivity contribution in [2.45, 2.75) is 12.5 Å². The third-order valence-electron chi connectivity index (χ3n) is 2.46. The molecule has 0 heterocycles. The SMILES string of the molecule is COC(=O)[C@H](CCSC)NC(=O)C1C=CC=C1. The minimum absolute atomic E-state index is 0.161. The Morgan fingerprint density at radius 3 is 2.59 bits per heavy atom. The molecule has 0 saturated carbocycles. The van der Waals surface area contributed by atoms with Crippen LogP contribution in [0.1, 0.15) is 6.42 Å². The highest BCUT2D eigenvalue weighted by atomic mass is 32.2. The van der Waals surface area contributed by atoms with Crippen molar-refractivity contribution in [3.63, 3.8) is 0 Å². The predicted octanol–water partition coefficient (Wildman–Crippen LogP) is 1.14. The first-order chi connectivity index (χ1) is 8.19. The molecule has 0 unspecified atom stereocenters. The summed E-state index contributed by atoms with van der Waals surface area (Å²) in [5, 5.41) is 2.72. The van der Waals surface area contributed by atoms with Gasteiger partial charge in [0.15, 0.2) is 0 Å². The molecule has 1 aliphatic carbocycles. The van der Waals surface area contributed by atoms with Crippen molar-refractivity contribution in [2.24, 2.45) is 5.92 Å². The fraction of sp³-hybridized carbons (Fsp3) is 0.500. The van der Waals surface area contributed by atoms with E-state index in [2.05, 4.69) is 10.1 Å². The topological polar surface area (TPSA) is 55.4 Å². The third-order valence-corrected chi connectivity index (χ3v) is 3.11. The zero-order valence-corrected chi connectivity index (χ0v) is 10.8. The number of amides is 1. The highest BCUT2D eigenvalue weighted by Crippen LogP contribution is 2.10. The number of hydrogen-bond acceptors (Lipinski definition) is 4. The molecule has 0 aliphatic heterocycles. The van der Waals surface area contributed by atoms with Crippen molar-refractivity contribution < 1.29 is 14.3 Å². The van der Waals surface area contributed by atoms with E-state index in [4.69, 9.17) is 0 Å². The molecule has 17 heavy (non-hydrogen) atoms. The smallest absolute Gasteiger partial charge is 0.328 e. The number of thioether (sulfide) groups is 1. The Balaban J connectivity index is 2.52. The molecule has 0 radical (unpaired) electrons. The maximum atomic E-state index is 11.8. The Morgan fingerprint density at radius 1 is 1.41 bits per heavy atom. The summed E-state index contributed by atoms with van der Waals surface area (Å²) in [5.41, 5.74) is 0. The van der Waals surface area contributed by atoms with Crippen LogP contribution >= 0.6 is 11.8 Å². The second-order valence-corrected chi connectivity index (χ2v) is 4.65. The van der Waals surface area contributed by atoms with E-state index in [0.29, 0.717) is 6.42 Å². The average Bonchev–Trinajstić information content (AvgIpc) is 2.87. The van der Waals surface area contributed by atoms with Gasteiger partial charge in [-0.25, -0.2) is 4.79 Å². The Labute approximate surface area is 105 Å². The van der Waals surface area contributed by atoms with Crippen LogP contribution in [0.15, 0.2) is 24.3 Å². The Morgan fingerprint density at radius 2 is 2.06 bits per heavy atom. The van der Waals surface area contributed by atoms with Gasteiger partial charge in [-0.2, -0.15) is 11.8 Å². The van der Waals surface area contributed by atoms with Crippen LogP contribution in [-0.4, -0.2) is 37.0 Å². The van der Waals surface area contributed by atoms with Gasteiger partial charge in [0.25, 0.3) is 0 Å². The van der Waals surface area contributed by atoms with E-state index < -0.39 is 12.0 Å². The lowest BCUT2D eigenvalue weighted by molar-refractivity contribution is -0.145. The summed E-state index contributed by atoms with van der Waals surface area (Å²) < 4.78 is 4.67.